The van der Waals surface area contributed by atoms with Gasteiger partial charge in [0.05, 0.1) is 24.1 Å². The molecule has 4 heterocycles. The summed E-state index contributed by atoms with van der Waals surface area (Å²) < 4.78 is 3.78. The Morgan fingerprint density at radius 3 is 2.56 bits per heavy atom. The fraction of sp³-hybridized carbons (Fsp3) is 0.304. The van der Waals surface area contributed by atoms with Crippen LogP contribution in [0.5, 0.6) is 0 Å². The normalized spacial score (nSPS) is 13.3. The number of rotatable bonds is 7. The molecule has 5 rings (SSSR count). The van der Waals surface area contributed by atoms with Crippen LogP contribution in [-0.4, -0.2) is 40.2 Å². The lowest BCUT2D eigenvalue weighted by Crippen LogP contribution is -2.26. The summed E-state index contributed by atoms with van der Waals surface area (Å²) in [5.74, 6) is 1.11. The lowest BCUT2D eigenvalue weighted by atomic mass is 10.2. The molecule has 0 radical (unpaired) electrons. The number of amides is 1. The third kappa shape index (κ3) is 4.27. The zero-order valence-corrected chi connectivity index (χ0v) is 18.1. The molecule has 4 aromatic heterocycles. The van der Waals surface area contributed by atoms with E-state index in [1.165, 1.54) is 12.8 Å². The number of aryl methyl sites for hydroxylation is 2. The molecule has 0 saturated heterocycles. The molecule has 0 atom stereocenters. The van der Waals surface area contributed by atoms with Gasteiger partial charge in [-0.25, -0.2) is 9.97 Å². The lowest BCUT2D eigenvalue weighted by molar-refractivity contribution is 0.0940. The van der Waals surface area contributed by atoms with Crippen molar-refractivity contribution in [1.29, 1.82) is 0 Å². The fourth-order valence-electron chi connectivity index (χ4n) is 3.56. The van der Waals surface area contributed by atoms with Crippen LogP contribution in [0.3, 0.4) is 0 Å². The zero-order chi connectivity index (χ0) is 22.1. The summed E-state index contributed by atoms with van der Waals surface area (Å²) in [6.45, 7) is 3.05. The summed E-state index contributed by atoms with van der Waals surface area (Å²) in [6.07, 6.45) is 13.1. The number of aromatic nitrogens is 7. The third-order valence-corrected chi connectivity index (χ3v) is 5.58. The molecule has 0 aromatic carbocycles. The Kier molecular flexibility index (Phi) is 5.22. The highest BCUT2D eigenvalue weighted by atomic mass is 16.1. The standard InChI is InChI=1S/C23H24N8O/c1-15-8-25-19(11-24-15)12-28-23(32)21-7-17(14-31(21)13-16-3-4-16)18-9-26-22(27-10-18)20-5-6-29-30(20)2/h5-11,14,16H,3-4,12-13H2,1-2H3,(H,28,32). The molecule has 1 amide bonds. The van der Waals surface area contributed by atoms with Crippen molar-refractivity contribution in [2.24, 2.45) is 13.0 Å². The largest absolute Gasteiger partial charge is 0.345 e. The SMILES string of the molecule is Cc1cnc(CNC(=O)c2cc(-c3cnc(-c4ccnn4C)nc3)cn2CC2CC2)cn1. The van der Waals surface area contributed by atoms with Crippen LogP contribution in [0.4, 0.5) is 0 Å². The summed E-state index contributed by atoms with van der Waals surface area (Å²) in [4.78, 5) is 30.5. The Balaban J connectivity index is 1.37. The lowest BCUT2D eigenvalue weighted by Gasteiger charge is -2.09. The number of hydrogen-bond donors (Lipinski definition) is 1. The molecule has 1 aliphatic carbocycles. The summed E-state index contributed by atoms with van der Waals surface area (Å²) in [5, 5.41) is 7.13. The van der Waals surface area contributed by atoms with E-state index in [9.17, 15) is 4.79 Å². The van der Waals surface area contributed by atoms with Gasteiger partial charge in [0.1, 0.15) is 11.4 Å². The predicted octanol–water partition coefficient (Wildman–Crippen LogP) is 2.78. The highest BCUT2D eigenvalue weighted by molar-refractivity contribution is 5.94. The van der Waals surface area contributed by atoms with Gasteiger partial charge in [0.2, 0.25) is 0 Å². The first-order valence-corrected chi connectivity index (χ1v) is 10.6. The zero-order valence-electron chi connectivity index (χ0n) is 18.1. The van der Waals surface area contributed by atoms with Crippen LogP contribution in [0.25, 0.3) is 22.6 Å². The number of carbonyl (C=O) groups excluding carboxylic acids is 1. The fourth-order valence-corrected chi connectivity index (χ4v) is 3.56. The Labute approximate surface area is 185 Å². The summed E-state index contributed by atoms with van der Waals surface area (Å²) in [6, 6.07) is 3.78. The minimum Gasteiger partial charge on any atom is -0.345 e. The number of nitrogens with one attached hydrogen (secondary N) is 1. The van der Waals surface area contributed by atoms with Gasteiger partial charge in [-0.2, -0.15) is 5.10 Å². The van der Waals surface area contributed by atoms with Crippen molar-refractivity contribution in [3.05, 3.63) is 66.4 Å². The molecule has 1 aliphatic rings. The highest BCUT2D eigenvalue weighted by Crippen LogP contribution is 2.32. The van der Waals surface area contributed by atoms with Crippen LogP contribution in [0.15, 0.2) is 49.3 Å². The van der Waals surface area contributed by atoms with Gasteiger partial charge in [0.15, 0.2) is 5.82 Å². The minimum atomic E-state index is -0.133. The molecule has 9 heteroatoms. The van der Waals surface area contributed by atoms with Crippen molar-refractivity contribution in [2.75, 3.05) is 0 Å². The summed E-state index contributed by atoms with van der Waals surface area (Å²) in [7, 11) is 1.86. The van der Waals surface area contributed by atoms with E-state index < -0.39 is 0 Å². The molecule has 0 unspecified atom stereocenters. The van der Waals surface area contributed by atoms with Crippen LogP contribution in [-0.2, 0) is 20.1 Å². The highest BCUT2D eigenvalue weighted by Gasteiger charge is 2.24. The molecule has 1 saturated carbocycles. The third-order valence-electron chi connectivity index (χ3n) is 5.58. The molecular formula is C23H24N8O. The minimum absolute atomic E-state index is 0.133. The average molecular weight is 429 g/mol. The maximum Gasteiger partial charge on any atom is 0.268 e. The van der Waals surface area contributed by atoms with E-state index in [-0.39, 0.29) is 5.91 Å². The Hall–Kier alpha value is -3.88. The second kappa shape index (κ2) is 8.33. The van der Waals surface area contributed by atoms with Gasteiger partial charge in [-0.05, 0) is 37.8 Å². The van der Waals surface area contributed by atoms with Crippen molar-refractivity contribution < 1.29 is 4.79 Å². The quantitative estimate of drug-likeness (QED) is 0.485. The van der Waals surface area contributed by atoms with Gasteiger partial charge in [-0.3, -0.25) is 19.4 Å². The molecule has 32 heavy (non-hydrogen) atoms. The van der Waals surface area contributed by atoms with Crippen LogP contribution < -0.4 is 5.32 Å². The molecule has 0 aliphatic heterocycles. The molecule has 0 bridgehead atoms. The van der Waals surface area contributed by atoms with Crippen molar-refractivity contribution in [3.8, 4) is 22.6 Å². The van der Waals surface area contributed by atoms with Crippen molar-refractivity contribution >= 4 is 5.91 Å². The van der Waals surface area contributed by atoms with Gasteiger partial charge in [-0.1, -0.05) is 0 Å². The smallest absolute Gasteiger partial charge is 0.268 e. The first kappa shape index (κ1) is 20.0. The number of carbonyl (C=O) groups is 1. The molecule has 1 fully saturated rings. The van der Waals surface area contributed by atoms with Gasteiger partial charge in [-0.15, -0.1) is 0 Å². The van der Waals surface area contributed by atoms with Crippen LogP contribution in [0.1, 0.15) is 34.7 Å². The second-order valence-corrected chi connectivity index (χ2v) is 8.18. The first-order valence-electron chi connectivity index (χ1n) is 10.6. The van der Waals surface area contributed by atoms with Gasteiger partial charge in [0, 0.05) is 55.7 Å². The molecule has 9 nitrogen and oxygen atoms in total. The average Bonchev–Trinajstić information content (AvgIpc) is 3.35. The Bertz CT molecular complexity index is 1240. The molecule has 4 aromatic rings. The Morgan fingerprint density at radius 1 is 1.09 bits per heavy atom. The molecule has 162 valence electrons. The van der Waals surface area contributed by atoms with E-state index in [1.807, 2.05) is 36.9 Å². The van der Waals surface area contributed by atoms with Crippen LogP contribution >= 0.6 is 0 Å². The van der Waals surface area contributed by atoms with Crippen molar-refractivity contribution in [1.82, 2.24) is 39.6 Å². The van der Waals surface area contributed by atoms with Crippen molar-refractivity contribution in [2.45, 2.75) is 32.9 Å². The predicted molar refractivity (Wildman–Crippen MR) is 118 cm³/mol. The van der Waals surface area contributed by atoms with E-state index in [2.05, 4.69) is 30.4 Å². The maximum absolute atomic E-state index is 13.0. The molecule has 1 N–H and O–H groups in total. The molecular weight excluding hydrogens is 404 g/mol. The first-order chi connectivity index (χ1) is 15.6. The van der Waals surface area contributed by atoms with E-state index in [0.717, 1.165) is 34.8 Å². The van der Waals surface area contributed by atoms with E-state index in [1.54, 1.807) is 35.7 Å². The summed E-state index contributed by atoms with van der Waals surface area (Å²) >= 11 is 0. The van der Waals surface area contributed by atoms with E-state index in [4.69, 9.17) is 0 Å². The molecule has 0 spiro atoms. The van der Waals surface area contributed by atoms with Crippen molar-refractivity contribution in [3.63, 3.8) is 0 Å². The van der Waals surface area contributed by atoms with Crippen LogP contribution in [0, 0.1) is 12.8 Å². The topological polar surface area (TPSA) is 103 Å². The number of nitrogens with zero attached hydrogens (tertiary/aromatic N) is 7. The van der Waals surface area contributed by atoms with E-state index >= 15 is 0 Å². The van der Waals surface area contributed by atoms with Crippen LogP contribution in [0.2, 0.25) is 0 Å². The van der Waals surface area contributed by atoms with E-state index in [0.29, 0.717) is 24.0 Å². The Morgan fingerprint density at radius 2 is 1.91 bits per heavy atom. The second-order valence-electron chi connectivity index (χ2n) is 8.18. The van der Waals surface area contributed by atoms with Gasteiger partial charge in [0.25, 0.3) is 5.91 Å². The number of hydrogen-bond acceptors (Lipinski definition) is 6. The monoisotopic (exact) mass is 428 g/mol. The maximum atomic E-state index is 13.0. The van der Waals surface area contributed by atoms with Gasteiger partial charge < -0.3 is 9.88 Å². The summed E-state index contributed by atoms with van der Waals surface area (Å²) in [5.41, 5.74) is 4.83. The van der Waals surface area contributed by atoms with Gasteiger partial charge >= 0.3 is 0 Å².